The first kappa shape index (κ1) is 16.4. The van der Waals surface area contributed by atoms with Crippen molar-refractivity contribution in [1.29, 1.82) is 0 Å². The van der Waals surface area contributed by atoms with Crippen molar-refractivity contribution in [3.05, 3.63) is 47.4 Å². The van der Waals surface area contributed by atoms with Crippen molar-refractivity contribution in [1.82, 2.24) is 29.7 Å². The third kappa shape index (κ3) is 2.97. The summed E-state index contributed by atoms with van der Waals surface area (Å²) in [6.45, 7) is 3.15. The number of anilines is 1. The molecule has 1 aliphatic carbocycles. The van der Waals surface area contributed by atoms with Crippen LogP contribution in [-0.2, 0) is 25.8 Å². The van der Waals surface area contributed by atoms with E-state index >= 15 is 0 Å². The summed E-state index contributed by atoms with van der Waals surface area (Å²) >= 11 is 0. The average molecular weight is 361 g/mol. The average Bonchev–Trinajstić information content (AvgIpc) is 3.35. The summed E-state index contributed by atoms with van der Waals surface area (Å²) in [5.74, 6) is 3.80. The lowest BCUT2D eigenvalue weighted by atomic mass is 10.1. The third-order valence-corrected chi connectivity index (χ3v) is 5.50. The number of hydrogen-bond acceptors (Lipinski definition) is 6. The molecule has 2 aliphatic rings. The van der Waals surface area contributed by atoms with E-state index in [1.807, 2.05) is 12.1 Å². The van der Waals surface area contributed by atoms with Gasteiger partial charge in [-0.3, -0.25) is 4.98 Å². The second-order valence-electron chi connectivity index (χ2n) is 7.36. The molecule has 0 radical (unpaired) electrons. The van der Waals surface area contributed by atoms with Gasteiger partial charge in [0.05, 0.1) is 6.04 Å². The number of rotatable bonds is 4. The van der Waals surface area contributed by atoms with Crippen LogP contribution in [0.2, 0.25) is 0 Å². The van der Waals surface area contributed by atoms with Gasteiger partial charge in [-0.1, -0.05) is 0 Å². The minimum atomic E-state index is 0.0502. The Morgan fingerprint density at radius 1 is 1.00 bits per heavy atom. The van der Waals surface area contributed by atoms with Crippen molar-refractivity contribution in [2.45, 2.75) is 58.0 Å². The maximum atomic E-state index is 4.87. The number of pyridine rings is 1. The molecule has 4 heterocycles. The summed E-state index contributed by atoms with van der Waals surface area (Å²) in [6.07, 6.45) is 10.2. The van der Waals surface area contributed by atoms with Gasteiger partial charge < -0.3 is 9.88 Å². The quantitative estimate of drug-likeness (QED) is 0.769. The highest BCUT2D eigenvalue weighted by atomic mass is 15.3. The second-order valence-corrected chi connectivity index (χ2v) is 7.36. The number of nitrogens with one attached hydrogen (secondary N) is 1. The van der Waals surface area contributed by atoms with Crippen molar-refractivity contribution in [2.24, 2.45) is 0 Å². The zero-order chi connectivity index (χ0) is 18.2. The molecule has 0 aromatic carbocycles. The largest absolute Gasteiger partial charge is 0.360 e. The molecule has 1 N–H and O–H groups in total. The summed E-state index contributed by atoms with van der Waals surface area (Å²) < 4.78 is 2.27. The van der Waals surface area contributed by atoms with Gasteiger partial charge in [-0.05, 0) is 51.2 Å². The van der Waals surface area contributed by atoms with Crippen molar-refractivity contribution >= 4 is 5.82 Å². The van der Waals surface area contributed by atoms with Crippen LogP contribution in [-0.4, -0.2) is 29.7 Å². The highest BCUT2D eigenvalue weighted by Gasteiger charge is 2.24. The standard InChI is InChI=1S/C20H23N7/c1-13(20-26-25-17-7-2-3-12-27(17)20)22-19-15-5-4-6-16(15)23-18(24-19)14-8-10-21-11-9-14/h8-11,13H,2-7,12H2,1H3,(H,22,23,24). The predicted octanol–water partition coefficient (Wildman–Crippen LogP) is 3.13. The minimum absolute atomic E-state index is 0.0502. The van der Waals surface area contributed by atoms with Crippen LogP contribution < -0.4 is 5.32 Å². The molecule has 3 aromatic heterocycles. The fourth-order valence-electron chi connectivity index (χ4n) is 4.10. The lowest BCUT2D eigenvalue weighted by molar-refractivity contribution is 0.500. The topological polar surface area (TPSA) is 81.4 Å². The lowest BCUT2D eigenvalue weighted by Gasteiger charge is -2.20. The molecule has 0 bridgehead atoms. The minimum Gasteiger partial charge on any atom is -0.360 e. The first-order valence-electron chi connectivity index (χ1n) is 9.78. The van der Waals surface area contributed by atoms with Crippen molar-refractivity contribution in [2.75, 3.05) is 5.32 Å². The van der Waals surface area contributed by atoms with Crippen molar-refractivity contribution in [3.63, 3.8) is 0 Å². The van der Waals surface area contributed by atoms with Gasteiger partial charge in [0, 0.05) is 42.2 Å². The normalized spacial score (nSPS) is 16.6. The third-order valence-electron chi connectivity index (χ3n) is 5.50. The molecule has 138 valence electrons. The molecule has 7 nitrogen and oxygen atoms in total. The molecule has 1 unspecified atom stereocenters. The van der Waals surface area contributed by atoms with Gasteiger partial charge >= 0.3 is 0 Å². The molecule has 27 heavy (non-hydrogen) atoms. The summed E-state index contributed by atoms with van der Waals surface area (Å²) in [6, 6.07) is 3.96. The Kier molecular flexibility index (Phi) is 4.07. The Morgan fingerprint density at radius 2 is 1.89 bits per heavy atom. The van der Waals surface area contributed by atoms with Gasteiger partial charge in [0.1, 0.15) is 11.6 Å². The fourth-order valence-corrected chi connectivity index (χ4v) is 4.10. The summed E-state index contributed by atoms with van der Waals surface area (Å²) in [7, 11) is 0. The van der Waals surface area contributed by atoms with Crippen LogP contribution in [0.15, 0.2) is 24.5 Å². The Bertz CT molecular complexity index is 964. The molecule has 5 rings (SSSR count). The van der Waals surface area contributed by atoms with Gasteiger partial charge in [0.2, 0.25) is 0 Å². The van der Waals surface area contributed by atoms with Gasteiger partial charge in [-0.25, -0.2) is 9.97 Å². The number of aryl methyl sites for hydroxylation is 2. The van der Waals surface area contributed by atoms with E-state index in [1.165, 1.54) is 18.4 Å². The molecule has 0 spiro atoms. The maximum Gasteiger partial charge on any atom is 0.161 e. The van der Waals surface area contributed by atoms with E-state index in [9.17, 15) is 0 Å². The van der Waals surface area contributed by atoms with E-state index in [4.69, 9.17) is 9.97 Å². The molecular weight excluding hydrogens is 338 g/mol. The van der Waals surface area contributed by atoms with Crippen molar-refractivity contribution in [3.8, 4) is 11.4 Å². The highest BCUT2D eigenvalue weighted by molar-refractivity contribution is 5.60. The van der Waals surface area contributed by atoms with E-state index in [0.717, 1.165) is 66.8 Å². The smallest absolute Gasteiger partial charge is 0.161 e. The Hall–Kier alpha value is -2.83. The van der Waals surface area contributed by atoms with Gasteiger partial charge in [-0.2, -0.15) is 0 Å². The van der Waals surface area contributed by atoms with E-state index < -0.39 is 0 Å². The molecule has 1 aliphatic heterocycles. The monoisotopic (exact) mass is 361 g/mol. The Balaban J connectivity index is 1.49. The summed E-state index contributed by atoms with van der Waals surface area (Å²) in [5.41, 5.74) is 3.41. The maximum absolute atomic E-state index is 4.87. The van der Waals surface area contributed by atoms with E-state index in [0.29, 0.717) is 0 Å². The number of nitrogens with zero attached hydrogens (tertiary/aromatic N) is 6. The van der Waals surface area contributed by atoms with Crippen LogP contribution in [0, 0.1) is 0 Å². The molecule has 0 amide bonds. The fraction of sp³-hybridized carbons (Fsp3) is 0.450. The van der Waals surface area contributed by atoms with Crippen LogP contribution in [0.1, 0.15) is 55.1 Å². The van der Waals surface area contributed by atoms with Gasteiger partial charge in [0.15, 0.2) is 11.6 Å². The first-order chi connectivity index (χ1) is 13.3. The van der Waals surface area contributed by atoms with E-state index in [1.54, 1.807) is 12.4 Å². The van der Waals surface area contributed by atoms with Crippen LogP contribution >= 0.6 is 0 Å². The summed E-state index contributed by atoms with van der Waals surface area (Å²) in [4.78, 5) is 13.8. The van der Waals surface area contributed by atoms with Gasteiger partial charge in [-0.15, -0.1) is 10.2 Å². The lowest BCUT2D eigenvalue weighted by Crippen LogP contribution is -2.19. The number of aromatic nitrogens is 6. The zero-order valence-corrected chi connectivity index (χ0v) is 15.5. The van der Waals surface area contributed by atoms with Crippen molar-refractivity contribution < 1.29 is 0 Å². The number of fused-ring (bicyclic) bond motifs is 2. The van der Waals surface area contributed by atoms with Crippen LogP contribution in [0.25, 0.3) is 11.4 Å². The van der Waals surface area contributed by atoms with Gasteiger partial charge in [0.25, 0.3) is 0 Å². The molecule has 3 aromatic rings. The van der Waals surface area contributed by atoms with E-state index in [2.05, 4.69) is 32.0 Å². The summed E-state index contributed by atoms with van der Waals surface area (Å²) in [5, 5.41) is 12.5. The molecule has 0 saturated heterocycles. The number of hydrogen-bond donors (Lipinski definition) is 1. The first-order valence-corrected chi connectivity index (χ1v) is 9.78. The second kappa shape index (κ2) is 6.72. The molecule has 7 heteroatoms. The van der Waals surface area contributed by atoms with Crippen LogP contribution in [0.5, 0.6) is 0 Å². The molecule has 1 atom stereocenters. The Morgan fingerprint density at radius 3 is 2.78 bits per heavy atom. The molecule has 0 fully saturated rings. The highest BCUT2D eigenvalue weighted by Crippen LogP contribution is 2.31. The Labute approximate surface area is 158 Å². The molecular formula is C20H23N7. The van der Waals surface area contributed by atoms with E-state index in [-0.39, 0.29) is 6.04 Å². The predicted molar refractivity (Wildman–Crippen MR) is 102 cm³/mol. The van der Waals surface area contributed by atoms with Crippen LogP contribution in [0.3, 0.4) is 0 Å². The zero-order valence-electron chi connectivity index (χ0n) is 15.5. The molecule has 0 saturated carbocycles. The van der Waals surface area contributed by atoms with Crippen LogP contribution in [0.4, 0.5) is 5.82 Å². The SMILES string of the molecule is CC(Nc1nc(-c2ccncc2)nc2c1CCC2)c1nnc2n1CCCC2.